The predicted molar refractivity (Wildman–Crippen MR) is 108 cm³/mol. The number of H-pyrrole nitrogens is 1. The lowest BCUT2D eigenvalue weighted by Crippen LogP contribution is -2.54. The molecule has 1 atom stereocenters. The number of hydrogen-bond acceptors (Lipinski definition) is 7. The molecule has 6 rings (SSSR count). The number of fused-ring (bicyclic) bond motifs is 2. The first kappa shape index (κ1) is 17.5. The Balaban J connectivity index is 1.43. The molecule has 1 saturated heterocycles. The van der Waals surface area contributed by atoms with Crippen molar-refractivity contribution >= 4 is 16.9 Å². The van der Waals surface area contributed by atoms with Crippen LogP contribution in [0.25, 0.3) is 22.3 Å². The first-order chi connectivity index (χ1) is 14.8. The van der Waals surface area contributed by atoms with Gasteiger partial charge in [0.2, 0.25) is 6.79 Å². The largest absolute Gasteiger partial charge is 0.492 e. The van der Waals surface area contributed by atoms with Crippen molar-refractivity contribution in [2.24, 2.45) is 5.92 Å². The van der Waals surface area contributed by atoms with Crippen molar-refractivity contribution < 1.29 is 19.0 Å². The van der Waals surface area contributed by atoms with E-state index in [4.69, 9.17) is 14.2 Å². The molecular formula is C21H21N5O4. The molecule has 1 aliphatic carbocycles. The zero-order valence-electron chi connectivity index (χ0n) is 16.2. The Kier molecular flexibility index (Phi) is 4.02. The van der Waals surface area contributed by atoms with Crippen LogP contribution in [-0.4, -0.2) is 47.0 Å². The summed E-state index contributed by atoms with van der Waals surface area (Å²) < 4.78 is 17.5. The third-order valence-electron chi connectivity index (χ3n) is 5.75. The highest BCUT2D eigenvalue weighted by Gasteiger charge is 2.29. The molecule has 9 heteroatoms. The number of nitrogens with one attached hydrogen (secondary N) is 3. The van der Waals surface area contributed by atoms with Crippen molar-refractivity contribution in [3.05, 3.63) is 30.2 Å². The summed E-state index contributed by atoms with van der Waals surface area (Å²) in [6.07, 6.45) is 6.45. The van der Waals surface area contributed by atoms with Crippen LogP contribution in [0.1, 0.15) is 29.6 Å². The van der Waals surface area contributed by atoms with E-state index >= 15 is 0 Å². The lowest BCUT2D eigenvalue weighted by atomic mass is 10.1. The maximum atomic E-state index is 12.7. The number of carbonyl (C=O) groups is 1. The van der Waals surface area contributed by atoms with Gasteiger partial charge in [-0.25, -0.2) is 9.97 Å². The number of carbonyl (C=O) groups excluding carboxylic acids is 1. The topological polar surface area (TPSA) is 110 Å². The van der Waals surface area contributed by atoms with Crippen molar-refractivity contribution in [3.63, 3.8) is 0 Å². The number of hydrogen-bond donors (Lipinski definition) is 3. The predicted octanol–water partition coefficient (Wildman–Crippen LogP) is 2.19. The quantitative estimate of drug-likeness (QED) is 0.574. The van der Waals surface area contributed by atoms with Crippen LogP contribution < -0.4 is 24.8 Å². The molecule has 154 valence electrons. The van der Waals surface area contributed by atoms with Gasteiger partial charge < -0.3 is 24.5 Å². The van der Waals surface area contributed by atoms with Crippen molar-refractivity contribution in [1.82, 2.24) is 25.6 Å². The molecule has 9 nitrogen and oxygen atoms in total. The van der Waals surface area contributed by atoms with Gasteiger partial charge >= 0.3 is 0 Å². The van der Waals surface area contributed by atoms with E-state index in [1.54, 1.807) is 6.20 Å². The van der Waals surface area contributed by atoms with Gasteiger partial charge in [0, 0.05) is 12.7 Å². The average molecular weight is 407 g/mol. The Morgan fingerprint density at radius 3 is 2.93 bits per heavy atom. The summed E-state index contributed by atoms with van der Waals surface area (Å²) in [5.41, 5.74) is 3.03. The summed E-state index contributed by atoms with van der Waals surface area (Å²) in [4.78, 5) is 24.8. The van der Waals surface area contributed by atoms with Crippen LogP contribution in [-0.2, 0) is 0 Å². The van der Waals surface area contributed by atoms with Crippen LogP contribution in [0, 0.1) is 5.92 Å². The SMILES string of the molecule is O=C(NC1CCN1)c1c[nH]c2c(-c3c(OCC4CC4)ccc4c3OCO4)ncnc12. The van der Waals surface area contributed by atoms with Gasteiger partial charge in [-0.2, -0.15) is 0 Å². The summed E-state index contributed by atoms with van der Waals surface area (Å²) in [6, 6.07) is 3.74. The normalized spacial score (nSPS) is 19.5. The van der Waals surface area contributed by atoms with Crippen LogP contribution >= 0.6 is 0 Å². The molecule has 3 N–H and O–H groups in total. The fourth-order valence-corrected chi connectivity index (χ4v) is 3.74. The van der Waals surface area contributed by atoms with E-state index in [-0.39, 0.29) is 18.9 Å². The van der Waals surface area contributed by atoms with Crippen LogP contribution in [0.5, 0.6) is 17.2 Å². The summed E-state index contributed by atoms with van der Waals surface area (Å²) in [7, 11) is 0. The lowest BCUT2D eigenvalue weighted by Gasteiger charge is -2.28. The molecule has 2 fully saturated rings. The Hall–Kier alpha value is -3.33. The zero-order chi connectivity index (χ0) is 20.1. The van der Waals surface area contributed by atoms with Crippen molar-refractivity contribution in [2.75, 3.05) is 19.9 Å². The van der Waals surface area contributed by atoms with E-state index < -0.39 is 0 Å². The molecule has 30 heavy (non-hydrogen) atoms. The van der Waals surface area contributed by atoms with Crippen LogP contribution in [0.2, 0.25) is 0 Å². The first-order valence-corrected chi connectivity index (χ1v) is 10.2. The molecule has 0 spiro atoms. The molecule has 1 saturated carbocycles. The number of aromatic nitrogens is 3. The molecule has 2 aromatic heterocycles. The number of ether oxygens (including phenoxy) is 3. The van der Waals surface area contributed by atoms with Gasteiger partial charge in [0.05, 0.1) is 29.4 Å². The minimum absolute atomic E-state index is 0.00845. The number of rotatable bonds is 6. The van der Waals surface area contributed by atoms with Gasteiger partial charge in [0.25, 0.3) is 5.91 Å². The lowest BCUT2D eigenvalue weighted by molar-refractivity contribution is 0.0910. The van der Waals surface area contributed by atoms with E-state index in [9.17, 15) is 4.79 Å². The highest BCUT2D eigenvalue weighted by Crippen LogP contribution is 2.48. The highest BCUT2D eigenvalue weighted by atomic mass is 16.7. The smallest absolute Gasteiger partial charge is 0.256 e. The van der Waals surface area contributed by atoms with Crippen molar-refractivity contribution in [3.8, 4) is 28.5 Å². The van der Waals surface area contributed by atoms with E-state index in [2.05, 4.69) is 25.6 Å². The van der Waals surface area contributed by atoms with Gasteiger partial charge in [-0.3, -0.25) is 10.1 Å². The molecule has 1 amide bonds. The van der Waals surface area contributed by atoms with Crippen LogP contribution in [0.4, 0.5) is 0 Å². The maximum Gasteiger partial charge on any atom is 0.256 e. The van der Waals surface area contributed by atoms with E-state index in [1.807, 2.05) is 12.1 Å². The van der Waals surface area contributed by atoms with Crippen LogP contribution in [0.15, 0.2) is 24.7 Å². The Morgan fingerprint density at radius 2 is 2.13 bits per heavy atom. The zero-order valence-corrected chi connectivity index (χ0v) is 16.2. The minimum atomic E-state index is -0.175. The molecule has 3 aromatic rings. The average Bonchev–Trinajstić information content (AvgIpc) is 3.25. The van der Waals surface area contributed by atoms with Gasteiger partial charge in [0.15, 0.2) is 11.5 Å². The summed E-state index contributed by atoms with van der Waals surface area (Å²) in [5, 5.41) is 6.13. The van der Waals surface area contributed by atoms with E-state index in [1.165, 1.54) is 19.2 Å². The number of benzene rings is 1. The number of nitrogens with zero attached hydrogens (tertiary/aromatic N) is 2. The molecule has 3 aliphatic rings. The third-order valence-corrected chi connectivity index (χ3v) is 5.75. The van der Waals surface area contributed by atoms with Gasteiger partial charge in [0.1, 0.15) is 23.3 Å². The van der Waals surface area contributed by atoms with Gasteiger partial charge in [-0.05, 0) is 37.3 Å². The number of amides is 1. The van der Waals surface area contributed by atoms with E-state index in [0.717, 1.165) is 13.0 Å². The molecular weight excluding hydrogens is 386 g/mol. The van der Waals surface area contributed by atoms with E-state index in [0.29, 0.717) is 57.6 Å². The second-order valence-electron chi connectivity index (χ2n) is 7.84. The highest BCUT2D eigenvalue weighted by molar-refractivity contribution is 6.08. The molecule has 1 unspecified atom stereocenters. The van der Waals surface area contributed by atoms with Crippen molar-refractivity contribution in [2.45, 2.75) is 25.4 Å². The molecule has 0 radical (unpaired) electrons. The molecule has 2 aliphatic heterocycles. The Morgan fingerprint density at radius 1 is 1.23 bits per heavy atom. The Labute approximate surface area is 172 Å². The third kappa shape index (κ3) is 2.93. The molecule has 0 bridgehead atoms. The first-order valence-electron chi connectivity index (χ1n) is 10.2. The minimum Gasteiger partial charge on any atom is -0.492 e. The second kappa shape index (κ2) is 6.88. The number of aromatic amines is 1. The summed E-state index contributed by atoms with van der Waals surface area (Å²) in [6.45, 7) is 1.72. The standard InChI is InChI=1S/C21H21N5O4/c27-21(26-15-5-6-22-15)12-7-23-19-17(12)24-9-25-18(19)16-13(28-8-11-1-2-11)3-4-14-20(16)30-10-29-14/h3-4,7,9,11,15,22-23H,1-2,5-6,8,10H2,(H,26,27). The monoisotopic (exact) mass is 407 g/mol. The maximum absolute atomic E-state index is 12.7. The van der Waals surface area contributed by atoms with Gasteiger partial charge in [-0.1, -0.05) is 0 Å². The Bertz CT molecular complexity index is 1140. The molecule has 1 aromatic carbocycles. The van der Waals surface area contributed by atoms with Crippen molar-refractivity contribution in [1.29, 1.82) is 0 Å². The molecule has 4 heterocycles. The van der Waals surface area contributed by atoms with Gasteiger partial charge in [-0.15, -0.1) is 0 Å². The summed E-state index contributed by atoms with van der Waals surface area (Å²) in [5.74, 6) is 2.37. The summed E-state index contributed by atoms with van der Waals surface area (Å²) >= 11 is 0. The fourth-order valence-electron chi connectivity index (χ4n) is 3.74. The van der Waals surface area contributed by atoms with Crippen LogP contribution in [0.3, 0.4) is 0 Å². The second-order valence-corrected chi connectivity index (χ2v) is 7.84. The fraction of sp³-hybridized carbons (Fsp3) is 0.381.